The second-order valence-corrected chi connectivity index (χ2v) is 6.02. The Hall–Kier alpha value is -1.49. The molecule has 1 atom stereocenters. The summed E-state index contributed by atoms with van der Waals surface area (Å²) in [5.74, 6) is -0.236. The first-order chi connectivity index (χ1) is 9.68. The van der Waals surface area contributed by atoms with Gasteiger partial charge >= 0.3 is 5.97 Å². The molecule has 0 spiro atoms. The van der Waals surface area contributed by atoms with Gasteiger partial charge in [-0.25, -0.2) is 4.79 Å². The number of amides is 1. The molecule has 1 unspecified atom stereocenters. The SMILES string of the molecule is O=C(O)C1CCCCN1C(=O)CCSc1ccccc1. The number of carboxylic acid groups (broad SMARTS) is 1. The number of hydrogen-bond acceptors (Lipinski definition) is 3. The van der Waals surface area contributed by atoms with Crippen molar-refractivity contribution in [2.24, 2.45) is 0 Å². The summed E-state index contributed by atoms with van der Waals surface area (Å²) in [7, 11) is 0. The molecule has 1 aliphatic rings. The van der Waals surface area contributed by atoms with Crippen LogP contribution in [-0.2, 0) is 9.59 Å². The molecule has 0 radical (unpaired) electrons. The minimum absolute atomic E-state index is 0.0412. The molecule has 20 heavy (non-hydrogen) atoms. The standard InChI is InChI=1S/C15H19NO3S/c17-14(9-11-20-12-6-2-1-3-7-12)16-10-5-4-8-13(16)15(18)19/h1-3,6-7,13H,4-5,8-11H2,(H,18,19). The first-order valence-corrected chi connectivity index (χ1v) is 7.87. The molecule has 0 saturated carbocycles. The molecule has 1 fully saturated rings. The molecule has 1 saturated heterocycles. The summed E-state index contributed by atoms with van der Waals surface area (Å²) >= 11 is 1.63. The van der Waals surface area contributed by atoms with Crippen LogP contribution < -0.4 is 0 Å². The van der Waals surface area contributed by atoms with Crippen molar-refractivity contribution in [2.45, 2.75) is 36.6 Å². The van der Waals surface area contributed by atoms with Crippen molar-refractivity contribution in [3.8, 4) is 0 Å². The van der Waals surface area contributed by atoms with Crippen LogP contribution in [0.4, 0.5) is 0 Å². The predicted molar refractivity (Wildman–Crippen MR) is 78.8 cm³/mol. The van der Waals surface area contributed by atoms with Crippen LogP contribution in [0, 0.1) is 0 Å². The lowest BCUT2D eigenvalue weighted by atomic mass is 10.0. The van der Waals surface area contributed by atoms with Crippen molar-refractivity contribution in [1.82, 2.24) is 4.90 Å². The molecule has 5 heteroatoms. The summed E-state index contributed by atoms with van der Waals surface area (Å²) in [4.78, 5) is 26.0. The van der Waals surface area contributed by atoms with Crippen LogP contribution in [0.2, 0.25) is 0 Å². The maximum atomic E-state index is 12.2. The number of benzene rings is 1. The summed E-state index contributed by atoms with van der Waals surface area (Å²) in [6, 6.07) is 9.29. The van der Waals surface area contributed by atoms with E-state index in [1.807, 2.05) is 30.3 Å². The average molecular weight is 293 g/mol. The Morgan fingerprint density at radius 2 is 2.00 bits per heavy atom. The Morgan fingerprint density at radius 1 is 1.25 bits per heavy atom. The number of carboxylic acids is 1. The topological polar surface area (TPSA) is 57.6 Å². The third-order valence-electron chi connectivity index (χ3n) is 3.44. The van der Waals surface area contributed by atoms with Gasteiger partial charge in [0.25, 0.3) is 0 Å². The van der Waals surface area contributed by atoms with E-state index in [9.17, 15) is 9.59 Å². The molecule has 1 aromatic rings. The largest absolute Gasteiger partial charge is 0.480 e. The molecule has 0 aliphatic carbocycles. The zero-order chi connectivity index (χ0) is 14.4. The molecule has 1 heterocycles. The van der Waals surface area contributed by atoms with Gasteiger partial charge in [0.1, 0.15) is 6.04 Å². The summed E-state index contributed by atoms with van der Waals surface area (Å²) in [6.45, 7) is 0.575. The third-order valence-corrected chi connectivity index (χ3v) is 4.45. The van der Waals surface area contributed by atoms with E-state index in [2.05, 4.69) is 0 Å². The minimum Gasteiger partial charge on any atom is -0.480 e. The van der Waals surface area contributed by atoms with Gasteiger partial charge < -0.3 is 10.0 Å². The monoisotopic (exact) mass is 293 g/mol. The van der Waals surface area contributed by atoms with E-state index in [0.717, 1.165) is 17.7 Å². The molecule has 1 aliphatic heterocycles. The quantitative estimate of drug-likeness (QED) is 0.848. The van der Waals surface area contributed by atoms with Gasteiger partial charge in [0.2, 0.25) is 5.91 Å². The average Bonchev–Trinajstić information content (AvgIpc) is 2.48. The summed E-state index contributed by atoms with van der Waals surface area (Å²) in [6.07, 6.45) is 2.76. The van der Waals surface area contributed by atoms with Crippen molar-refractivity contribution in [3.63, 3.8) is 0 Å². The second kappa shape index (κ2) is 7.33. The van der Waals surface area contributed by atoms with Crippen LogP contribution in [0.15, 0.2) is 35.2 Å². The molecule has 1 aromatic carbocycles. The Morgan fingerprint density at radius 3 is 2.70 bits per heavy atom. The Labute approximate surface area is 123 Å². The molecule has 108 valence electrons. The molecule has 0 aromatic heterocycles. The van der Waals surface area contributed by atoms with Crippen LogP contribution in [0.25, 0.3) is 0 Å². The third kappa shape index (κ3) is 4.00. The van der Waals surface area contributed by atoms with E-state index in [-0.39, 0.29) is 5.91 Å². The Kier molecular flexibility index (Phi) is 5.47. The number of carbonyl (C=O) groups is 2. The first kappa shape index (κ1) is 14.9. The summed E-state index contributed by atoms with van der Waals surface area (Å²) in [5.41, 5.74) is 0. The van der Waals surface area contributed by atoms with E-state index in [1.54, 1.807) is 11.8 Å². The molecular formula is C15H19NO3S. The normalized spacial score (nSPS) is 18.8. The maximum Gasteiger partial charge on any atom is 0.326 e. The van der Waals surface area contributed by atoms with Gasteiger partial charge in [0, 0.05) is 23.6 Å². The zero-order valence-corrected chi connectivity index (χ0v) is 12.1. The highest BCUT2D eigenvalue weighted by atomic mass is 32.2. The van der Waals surface area contributed by atoms with Gasteiger partial charge in [-0.3, -0.25) is 4.79 Å². The van der Waals surface area contributed by atoms with Gasteiger partial charge in [-0.1, -0.05) is 18.2 Å². The van der Waals surface area contributed by atoms with E-state index in [1.165, 1.54) is 4.90 Å². The van der Waals surface area contributed by atoms with Crippen LogP contribution >= 0.6 is 11.8 Å². The van der Waals surface area contributed by atoms with E-state index in [4.69, 9.17) is 5.11 Å². The van der Waals surface area contributed by atoms with E-state index >= 15 is 0 Å². The summed E-state index contributed by atoms with van der Waals surface area (Å²) < 4.78 is 0. The van der Waals surface area contributed by atoms with Crippen molar-refractivity contribution in [1.29, 1.82) is 0 Å². The van der Waals surface area contributed by atoms with Crippen molar-refractivity contribution < 1.29 is 14.7 Å². The fourth-order valence-corrected chi connectivity index (χ4v) is 3.27. The molecule has 2 rings (SSSR count). The first-order valence-electron chi connectivity index (χ1n) is 6.88. The number of likely N-dealkylation sites (tertiary alicyclic amines) is 1. The molecule has 1 amide bonds. The van der Waals surface area contributed by atoms with Gasteiger partial charge in [0.15, 0.2) is 0 Å². The number of carbonyl (C=O) groups excluding carboxylic acids is 1. The summed E-state index contributed by atoms with van der Waals surface area (Å²) in [5, 5.41) is 9.16. The van der Waals surface area contributed by atoms with Crippen molar-refractivity contribution >= 4 is 23.6 Å². The van der Waals surface area contributed by atoms with Crippen LogP contribution in [0.3, 0.4) is 0 Å². The highest BCUT2D eigenvalue weighted by molar-refractivity contribution is 7.99. The van der Waals surface area contributed by atoms with Crippen LogP contribution in [0.5, 0.6) is 0 Å². The molecule has 1 N–H and O–H groups in total. The van der Waals surface area contributed by atoms with Crippen molar-refractivity contribution in [2.75, 3.05) is 12.3 Å². The number of aliphatic carboxylic acids is 1. The zero-order valence-electron chi connectivity index (χ0n) is 11.3. The lowest BCUT2D eigenvalue weighted by Crippen LogP contribution is -2.48. The molecular weight excluding hydrogens is 274 g/mol. The number of piperidine rings is 1. The Balaban J connectivity index is 1.83. The molecule has 4 nitrogen and oxygen atoms in total. The van der Waals surface area contributed by atoms with E-state index < -0.39 is 12.0 Å². The van der Waals surface area contributed by atoms with E-state index in [0.29, 0.717) is 25.1 Å². The number of hydrogen-bond donors (Lipinski definition) is 1. The lowest BCUT2D eigenvalue weighted by molar-refractivity contribution is -0.151. The van der Waals surface area contributed by atoms with Crippen LogP contribution in [0.1, 0.15) is 25.7 Å². The van der Waals surface area contributed by atoms with Crippen molar-refractivity contribution in [3.05, 3.63) is 30.3 Å². The maximum absolute atomic E-state index is 12.2. The smallest absolute Gasteiger partial charge is 0.326 e. The number of thioether (sulfide) groups is 1. The van der Waals surface area contributed by atoms with Gasteiger partial charge in [-0.2, -0.15) is 0 Å². The predicted octanol–water partition coefficient (Wildman–Crippen LogP) is 2.63. The fraction of sp³-hybridized carbons (Fsp3) is 0.467. The van der Waals surface area contributed by atoms with Gasteiger partial charge in [-0.05, 0) is 31.4 Å². The highest BCUT2D eigenvalue weighted by Gasteiger charge is 2.31. The highest BCUT2D eigenvalue weighted by Crippen LogP contribution is 2.21. The lowest BCUT2D eigenvalue weighted by Gasteiger charge is -2.33. The number of rotatable bonds is 5. The van der Waals surface area contributed by atoms with Gasteiger partial charge in [0.05, 0.1) is 0 Å². The second-order valence-electron chi connectivity index (χ2n) is 4.85. The molecule has 0 bridgehead atoms. The Bertz CT molecular complexity index is 463. The number of nitrogens with zero attached hydrogens (tertiary/aromatic N) is 1. The van der Waals surface area contributed by atoms with Gasteiger partial charge in [-0.15, -0.1) is 11.8 Å². The van der Waals surface area contributed by atoms with Crippen LogP contribution in [-0.4, -0.2) is 40.2 Å². The fourth-order valence-electron chi connectivity index (χ4n) is 2.40. The minimum atomic E-state index is -0.881.